The molecule has 0 spiro atoms. The van der Waals surface area contributed by atoms with Crippen molar-refractivity contribution in [3.8, 4) is 0 Å². The van der Waals surface area contributed by atoms with Gasteiger partial charge in [0.1, 0.15) is 0 Å². The first-order valence-electron chi connectivity index (χ1n) is 3.00. The molecule has 0 N–H and O–H groups in total. The quantitative estimate of drug-likeness (QED) is 0.407. The molecule has 1 aliphatic rings. The van der Waals surface area contributed by atoms with Crippen molar-refractivity contribution < 1.29 is 9.53 Å². The minimum absolute atomic E-state index is 0.0973. The molecule has 1 saturated carbocycles. The van der Waals surface area contributed by atoms with E-state index in [0.717, 1.165) is 6.42 Å². The van der Waals surface area contributed by atoms with E-state index in [0.29, 0.717) is 5.92 Å². The zero-order valence-corrected chi connectivity index (χ0v) is 5.46. The summed E-state index contributed by atoms with van der Waals surface area (Å²) in [6.07, 6.45) is 2.73. The van der Waals surface area contributed by atoms with E-state index >= 15 is 0 Å². The Morgan fingerprint density at radius 3 is 2.89 bits per heavy atom. The number of rotatable bonds is 2. The molecule has 0 radical (unpaired) electrons. The highest BCUT2D eigenvalue weighted by Crippen LogP contribution is 2.39. The average Bonchev–Trinajstić information content (AvgIpc) is 2.64. The van der Waals surface area contributed by atoms with Gasteiger partial charge in [-0.1, -0.05) is 6.08 Å². The molecule has 0 aromatic heterocycles. The van der Waals surface area contributed by atoms with Gasteiger partial charge in [-0.15, -0.1) is 6.58 Å². The van der Waals surface area contributed by atoms with E-state index < -0.39 is 0 Å². The van der Waals surface area contributed by atoms with Crippen LogP contribution in [0.1, 0.15) is 6.42 Å². The van der Waals surface area contributed by atoms with Gasteiger partial charge in [0.2, 0.25) is 0 Å². The molecular weight excluding hydrogens is 116 g/mol. The van der Waals surface area contributed by atoms with Gasteiger partial charge in [-0.2, -0.15) is 0 Å². The first-order valence-corrected chi connectivity index (χ1v) is 3.00. The molecule has 0 aliphatic heterocycles. The molecule has 0 aromatic rings. The van der Waals surface area contributed by atoms with Gasteiger partial charge in [-0.25, -0.2) is 0 Å². The fourth-order valence-corrected chi connectivity index (χ4v) is 0.898. The highest BCUT2D eigenvalue weighted by Gasteiger charge is 2.41. The molecule has 0 heterocycles. The lowest BCUT2D eigenvalue weighted by atomic mass is 10.3. The molecule has 2 heteroatoms. The number of methoxy groups -OCH3 is 1. The predicted octanol–water partition coefficient (Wildman–Crippen LogP) is 0.982. The van der Waals surface area contributed by atoms with Gasteiger partial charge >= 0.3 is 5.97 Å². The van der Waals surface area contributed by atoms with Crippen LogP contribution in [0.15, 0.2) is 12.7 Å². The molecule has 50 valence electrons. The van der Waals surface area contributed by atoms with E-state index in [1.54, 1.807) is 0 Å². The Labute approximate surface area is 54.5 Å². The second-order valence-corrected chi connectivity index (χ2v) is 2.26. The van der Waals surface area contributed by atoms with Crippen molar-refractivity contribution in [2.45, 2.75) is 6.42 Å². The lowest BCUT2D eigenvalue weighted by molar-refractivity contribution is -0.142. The molecule has 0 bridgehead atoms. The normalized spacial score (nSPS) is 31.2. The Morgan fingerprint density at radius 1 is 1.89 bits per heavy atom. The predicted molar refractivity (Wildman–Crippen MR) is 33.8 cm³/mol. The number of esters is 1. The number of allylic oxidation sites excluding steroid dienone is 1. The molecule has 9 heavy (non-hydrogen) atoms. The van der Waals surface area contributed by atoms with Crippen molar-refractivity contribution >= 4 is 5.97 Å². The molecule has 1 fully saturated rings. The van der Waals surface area contributed by atoms with Crippen LogP contribution >= 0.6 is 0 Å². The maximum atomic E-state index is 10.7. The number of ether oxygens (including phenoxy) is 1. The number of carbonyl (C=O) groups excluding carboxylic acids is 1. The number of carbonyl (C=O) groups is 1. The van der Waals surface area contributed by atoms with Gasteiger partial charge in [0.05, 0.1) is 13.0 Å². The fraction of sp³-hybridized carbons (Fsp3) is 0.571. The van der Waals surface area contributed by atoms with Crippen molar-refractivity contribution in [1.29, 1.82) is 0 Å². The van der Waals surface area contributed by atoms with Crippen molar-refractivity contribution in [2.24, 2.45) is 11.8 Å². The average molecular weight is 126 g/mol. The number of hydrogen-bond donors (Lipinski definition) is 0. The van der Waals surface area contributed by atoms with Gasteiger partial charge in [0, 0.05) is 0 Å². The van der Waals surface area contributed by atoms with Crippen LogP contribution in [0.2, 0.25) is 0 Å². The Hall–Kier alpha value is -0.790. The summed E-state index contributed by atoms with van der Waals surface area (Å²) in [4.78, 5) is 10.7. The van der Waals surface area contributed by atoms with E-state index in [1.807, 2.05) is 6.08 Å². The molecule has 0 aromatic carbocycles. The molecule has 1 aliphatic carbocycles. The Balaban J connectivity index is 2.33. The zero-order chi connectivity index (χ0) is 6.85. The van der Waals surface area contributed by atoms with Gasteiger partial charge < -0.3 is 4.74 Å². The van der Waals surface area contributed by atoms with Crippen LogP contribution in [-0.2, 0) is 9.53 Å². The van der Waals surface area contributed by atoms with Crippen LogP contribution in [0.3, 0.4) is 0 Å². The number of hydrogen-bond acceptors (Lipinski definition) is 2. The van der Waals surface area contributed by atoms with Crippen molar-refractivity contribution in [2.75, 3.05) is 7.11 Å². The highest BCUT2D eigenvalue weighted by atomic mass is 16.5. The molecule has 0 saturated heterocycles. The third-order valence-electron chi connectivity index (χ3n) is 1.65. The summed E-state index contributed by atoms with van der Waals surface area (Å²) in [5.41, 5.74) is 0. The third-order valence-corrected chi connectivity index (χ3v) is 1.65. The zero-order valence-electron chi connectivity index (χ0n) is 5.46. The Morgan fingerprint density at radius 2 is 2.56 bits per heavy atom. The first-order chi connectivity index (χ1) is 4.29. The van der Waals surface area contributed by atoms with Crippen molar-refractivity contribution in [1.82, 2.24) is 0 Å². The maximum Gasteiger partial charge on any atom is 0.309 e. The van der Waals surface area contributed by atoms with E-state index in [-0.39, 0.29) is 11.9 Å². The largest absolute Gasteiger partial charge is 0.469 e. The Kier molecular flexibility index (Phi) is 1.56. The molecular formula is C7H10O2. The smallest absolute Gasteiger partial charge is 0.309 e. The van der Waals surface area contributed by atoms with E-state index in [1.165, 1.54) is 7.11 Å². The van der Waals surface area contributed by atoms with Crippen LogP contribution in [0.25, 0.3) is 0 Å². The van der Waals surface area contributed by atoms with Gasteiger partial charge in [-0.3, -0.25) is 4.79 Å². The summed E-state index contributed by atoms with van der Waals surface area (Å²) in [5.74, 6) is 0.407. The summed E-state index contributed by atoms with van der Waals surface area (Å²) >= 11 is 0. The third kappa shape index (κ3) is 1.12. The van der Waals surface area contributed by atoms with Crippen LogP contribution in [-0.4, -0.2) is 13.1 Å². The minimum Gasteiger partial charge on any atom is -0.469 e. The van der Waals surface area contributed by atoms with Gasteiger partial charge in [0.25, 0.3) is 0 Å². The summed E-state index contributed by atoms with van der Waals surface area (Å²) in [6, 6.07) is 0. The second-order valence-electron chi connectivity index (χ2n) is 2.26. The van der Waals surface area contributed by atoms with Crippen molar-refractivity contribution in [3.63, 3.8) is 0 Å². The lowest BCUT2D eigenvalue weighted by Gasteiger charge is -1.92. The molecule has 2 atom stereocenters. The Bertz CT molecular complexity index is 140. The van der Waals surface area contributed by atoms with Gasteiger partial charge in [0.15, 0.2) is 0 Å². The topological polar surface area (TPSA) is 26.3 Å². The van der Waals surface area contributed by atoms with Crippen molar-refractivity contribution in [3.05, 3.63) is 12.7 Å². The maximum absolute atomic E-state index is 10.7. The molecule has 1 unspecified atom stereocenters. The van der Waals surface area contributed by atoms with Crippen LogP contribution in [0.4, 0.5) is 0 Å². The standard InChI is InChI=1S/C7H10O2/c1-3-5-4-6(5)7(8)9-2/h3,5-6H,1,4H2,2H3/t5-,6?/m1/s1. The van der Waals surface area contributed by atoms with E-state index in [9.17, 15) is 4.79 Å². The minimum atomic E-state index is -0.0973. The summed E-state index contributed by atoms with van der Waals surface area (Å²) < 4.78 is 4.52. The SMILES string of the molecule is C=C[C@@H]1CC1C(=O)OC. The lowest BCUT2D eigenvalue weighted by Crippen LogP contribution is -2.03. The summed E-state index contributed by atoms with van der Waals surface area (Å²) in [5, 5.41) is 0. The summed E-state index contributed by atoms with van der Waals surface area (Å²) in [7, 11) is 1.42. The monoisotopic (exact) mass is 126 g/mol. The molecule has 1 rings (SSSR count). The summed E-state index contributed by atoms with van der Waals surface area (Å²) in [6.45, 7) is 3.58. The highest BCUT2D eigenvalue weighted by molar-refractivity contribution is 5.75. The van der Waals surface area contributed by atoms with Crippen LogP contribution in [0.5, 0.6) is 0 Å². The van der Waals surface area contributed by atoms with E-state index in [2.05, 4.69) is 11.3 Å². The second kappa shape index (κ2) is 2.21. The van der Waals surface area contributed by atoms with Gasteiger partial charge in [-0.05, 0) is 12.3 Å². The molecule has 0 amide bonds. The van der Waals surface area contributed by atoms with Crippen LogP contribution < -0.4 is 0 Å². The first kappa shape index (κ1) is 6.33. The fourth-order valence-electron chi connectivity index (χ4n) is 0.898. The van der Waals surface area contributed by atoms with E-state index in [4.69, 9.17) is 0 Å². The molecule has 2 nitrogen and oxygen atoms in total. The van der Waals surface area contributed by atoms with Crippen LogP contribution in [0, 0.1) is 11.8 Å².